The molecule has 8 nitrogen and oxygen atoms in total. The van der Waals surface area contributed by atoms with Gasteiger partial charge in [-0.15, -0.1) is 0 Å². The van der Waals surface area contributed by atoms with Crippen LogP contribution in [0.25, 0.3) is 11.4 Å². The van der Waals surface area contributed by atoms with E-state index in [-0.39, 0.29) is 48.2 Å². The molecule has 3 aromatic carbocycles. The molecule has 1 saturated heterocycles. The van der Waals surface area contributed by atoms with E-state index in [0.717, 1.165) is 62.5 Å². The number of Topliss-reactive ketones (excluding diaryl/α,β-unsaturated/α-hetero) is 2. The van der Waals surface area contributed by atoms with Gasteiger partial charge in [-0.2, -0.15) is 0 Å². The van der Waals surface area contributed by atoms with E-state index in [1.807, 2.05) is 12.1 Å². The molecule has 230 valence electrons. The van der Waals surface area contributed by atoms with Crippen molar-refractivity contribution in [2.75, 3.05) is 32.8 Å². The second-order valence-corrected chi connectivity index (χ2v) is 11.2. The number of hydrogen-bond acceptors (Lipinski definition) is 7. The topological polar surface area (TPSA) is 101 Å². The molecule has 2 aliphatic rings. The molecular weight excluding hydrogens is 578 g/mol. The Balaban J connectivity index is 1.09. The second kappa shape index (κ2) is 13.5. The van der Waals surface area contributed by atoms with Gasteiger partial charge in [0, 0.05) is 43.5 Å². The highest BCUT2D eigenvalue weighted by atomic mass is 19.1. The van der Waals surface area contributed by atoms with Crippen molar-refractivity contribution in [1.82, 2.24) is 20.2 Å². The maximum Gasteiger partial charge on any atom is 0.255 e. The van der Waals surface area contributed by atoms with Crippen molar-refractivity contribution in [2.45, 2.75) is 32.2 Å². The molecule has 0 spiro atoms. The SMILES string of the molecule is O=C(CCCN1CCOCC1)c1ccc(CC(=O)c2ccc(Cc3nc(-c4c(F)cccc4F)nc4c3C(=O)NC4)cc2)cc1. The number of morpholine rings is 1. The zero-order valence-corrected chi connectivity index (χ0v) is 24.7. The highest BCUT2D eigenvalue weighted by molar-refractivity contribution is 5.99. The maximum absolute atomic E-state index is 14.5. The van der Waals surface area contributed by atoms with Crippen LogP contribution in [0.2, 0.25) is 0 Å². The molecule has 10 heteroatoms. The fourth-order valence-corrected chi connectivity index (χ4v) is 5.68. The van der Waals surface area contributed by atoms with Crippen LogP contribution in [0.4, 0.5) is 8.78 Å². The zero-order valence-electron chi connectivity index (χ0n) is 24.7. The van der Waals surface area contributed by atoms with Gasteiger partial charge in [-0.1, -0.05) is 54.6 Å². The average molecular weight is 611 g/mol. The third-order valence-electron chi connectivity index (χ3n) is 8.16. The van der Waals surface area contributed by atoms with Gasteiger partial charge < -0.3 is 10.1 Å². The van der Waals surface area contributed by atoms with E-state index in [0.29, 0.717) is 34.5 Å². The summed E-state index contributed by atoms with van der Waals surface area (Å²) in [5.41, 5.74) is 3.42. The lowest BCUT2D eigenvalue weighted by atomic mass is 9.98. The lowest BCUT2D eigenvalue weighted by Gasteiger charge is -2.26. The van der Waals surface area contributed by atoms with Gasteiger partial charge in [0.1, 0.15) is 11.6 Å². The molecule has 2 aliphatic heterocycles. The van der Waals surface area contributed by atoms with Gasteiger partial charge >= 0.3 is 0 Å². The number of nitrogens with zero attached hydrogens (tertiary/aromatic N) is 3. The minimum Gasteiger partial charge on any atom is -0.379 e. The summed E-state index contributed by atoms with van der Waals surface area (Å²) in [7, 11) is 0. The monoisotopic (exact) mass is 610 g/mol. The van der Waals surface area contributed by atoms with Crippen molar-refractivity contribution >= 4 is 17.5 Å². The molecule has 1 N–H and O–H groups in total. The molecular formula is C35H32F2N4O4. The van der Waals surface area contributed by atoms with Crippen molar-refractivity contribution in [3.8, 4) is 11.4 Å². The van der Waals surface area contributed by atoms with Crippen LogP contribution in [0.3, 0.4) is 0 Å². The first-order chi connectivity index (χ1) is 21.9. The summed E-state index contributed by atoms with van der Waals surface area (Å²) in [6.07, 6.45) is 1.67. The van der Waals surface area contributed by atoms with Gasteiger partial charge in [0.05, 0.1) is 42.3 Å². The molecule has 45 heavy (non-hydrogen) atoms. The number of carbonyl (C=O) groups is 3. The largest absolute Gasteiger partial charge is 0.379 e. The standard InChI is InChI=1S/C35H32F2N4O4/c36-26-3-1-4-27(37)32(26)34-39-28(33-29(40-34)21-38-35(33)44)19-22-6-12-25(13-7-22)31(43)20-23-8-10-24(11-9-23)30(42)5-2-14-41-15-17-45-18-16-41/h1,3-4,6-13H,2,5,14-21H2,(H,38,44). The highest BCUT2D eigenvalue weighted by Gasteiger charge is 2.28. The molecule has 6 rings (SSSR count). The van der Waals surface area contributed by atoms with E-state index >= 15 is 0 Å². The number of hydrogen-bond donors (Lipinski definition) is 1. The van der Waals surface area contributed by atoms with Crippen molar-refractivity contribution < 1.29 is 27.9 Å². The smallest absolute Gasteiger partial charge is 0.255 e. The Morgan fingerprint density at radius 2 is 1.47 bits per heavy atom. The predicted octanol–water partition coefficient (Wildman–Crippen LogP) is 4.98. The van der Waals surface area contributed by atoms with Crippen LogP contribution >= 0.6 is 0 Å². The van der Waals surface area contributed by atoms with Crippen LogP contribution in [-0.2, 0) is 24.1 Å². The number of benzene rings is 3. The summed E-state index contributed by atoms with van der Waals surface area (Å²) >= 11 is 0. The molecule has 0 saturated carbocycles. The van der Waals surface area contributed by atoms with Crippen LogP contribution in [0.15, 0.2) is 66.7 Å². The van der Waals surface area contributed by atoms with E-state index in [2.05, 4.69) is 20.2 Å². The van der Waals surface area contributed by atoms with Gasteiger partial charge in [-0.3, -0.25) is 19.3 Å². The van der Waals surface area contributed by atoms with Crippen molar-refractivity contribution in [2.24, 2.45) is 0 Å². The molecule has 0 atom stereocenters. The molecule has 0 unspecified atom stereocenters. The normalized spacial score (nSPS) is 14.7. The summed E-state index contributed by atoms with van der Waals surface area (Å²) < 4.78 is 34.4. The first-order valence-electron chi connectivity index (χ1n) is 15.0. The highest BCUT2D eigenvalue weighted by Crippen LogP contribution is 2.28. The van der Waals surface area contributed by atoms with Gasteiger partial charge in [-0.05, 0) is 36.2 Å². The Labute approximate surface area is 259 Å². The minimum atomic E-state index is -0.790. The Hall–Kier alpha value is -4.67. The van der Waals surface area contributed by atoms with Gasteiger partial charge in [-0.25, -0.2) is 18.7 Å². The third-order valence-corrected chi connectivity index (χ3v) is 8.16. The fraction of sp³-hybridized carbons (Fsp3) is 0.286. The van der Waals surface area contributed by atoms with Crippen LogP contribution in [0, 0.1) is 11.6 Å². The van der Waals surface area contributed by atoms with Crippen LogP contribution in [0.5, 0.6) is 0 Å². The number of ether oxygens (including phenoxy) is 1. The van der Waals surface area contributed by atoms with Crippen LogP contribution in [0.1, 0.15) is 66.4 Å². The van der Waals surface area contributed by atoms with Crippen molar-refractivity contribution in [3.63, 3.8) is 0 Å². The Kier molecular flexibility index (Phi) is 9.13. The summed E-state index contributed by atoms with van der Waals surface area (Å²) in [5, 5.41) is 2.70. The van der Waals surface area contributed by atoms with Crippen molar-refractivity contribution in [3.05, 3.63) is 118 Å². The number of ketones is 2. The Bertz CT molecular complexity index is 1720. The van der Waals surface area contributed by atoms with E-state index in [1.54, 1.807) is 36.4 Å². The zero-order chi connectivity index (χ0) is 31.3. The number of halogens is 2. The molecule has 0 radical (unpaired) electrons. The van der Waals surface area contributed by atoms with Gasteiger partial charge in [0.2, 0.25) is 0 Å². The Morgan fingerprint density at radius 1 is 0.822 bits per heavy atom. The molecule has 1 amide bonds. The summed E-state index contributed by atoms with van der Waals surface area (Å²) in [6, 6.07) is 17.7. The number of amides is 1. The average Bonchev–Trinajstić information content (AvgIpc) is 3.42. The minimum absolute atomic E-state index is 0.0780. The van der Waals surface area contributed by atoms with Gasteiger partial charge in [0.15, 0.2) is 17.4 Å². The third kappa shape index (κ3) is 7.02. The van der Waals surface area contributed by atoms with Crippen LogP contribution in [-0.4, -0.2) is 65.2 Å². The van der Waals surface area contributed by atoms with E-state index in [9.17, 15) is 23.2 Å². The number of aromatic nitrogens is 2. The number of fused-ring (bicyclic) bond motifs is 1. The maximum atomic E-state index is 14.5. The van der Waals surface area contributed by atoms with E-state index < -0.39 is 11.6 Å². The van der Waals surface area contributed by atoms with Crippen molar-refractivity contribution in [1.29, 1.82) is 0 Å². The fourth-order valence-electron chi connectivity index (χ4n) is 5.68. The van der Waals surface area contributed by atoms with Gasteiger partial charge in [0.25, 0.3) is 5.91 Å². The van der Waals surface area contributed by atoms with E-state index in [1.165, 1.54) is 6.07 Å². The first-order valence-corrected chi connectivity index (χ1v) is 15.0. The number of rotatable bonds is 11. The first kappa shape index (κ1) is 30.4. The lowest BCUT2D eigenvalue weighted by Crippen LogP contribution is -2.36. The Morgan fingerprint density at radius 3 is 2.16 bits per heavy atom. The lowest BCUT2D eigenvalue weighted by molar-refractivity contribution is 0.0371. The molecule has 0 aliphatic carbocycles. The number of nitrogens with one attached hydrogen (secondary N) is 1. The molecule has 1 aromatic heterocycles. The predicted molar refractivity (Wildman–Crippen MR) is 163 cm³/mol. The quantitative estimate of drug-likeness (QED) is 0.239. The summed E-state index contributed by atoms with van der Waals surface area (Å²) in [6.45, 7) is 4.32. The van der Waals surface area contributed by atoms with E-state index in [4.69, 9.17) is 4.74 Å². The summed E-state index contributed by atoms with van der Waals surface area (Å²) in [5.74, 6) is -2.03. The second-order valence-electron chi connectivity index (χ2n) is 11.2. The molecule has 3 heterocycles. The molecule has 4 aromatic rings. The molecule has 1 fully saturated rings. The number of carbonyl (C=O) groups excluding carboxylic acids is 3. The summed E-state index contributed by atoms with van der Waals surface area (Å²) in [4.78, 5) is 49.2. The molecule has 0 bridgehead atoms. The van der Waals surface area contributed by atoms with Crippen LogP contribution < -0.4 is 5.32 Å².